The van der Waals surface area contributed by atoms with E-state index < -0.39 is 0 Å². The van der Waals surface area contributed by atoms with Crippen LogP contribution < -0.4 is 9.80 Å². The summed E-state index contributed by atoms with van der Waals surface area (Å²) in [5, 5.41) is 0. The maximum atomic E-state index is 12.9. The highest BCUT2D eigenvalue weighted by molar-refractivity contribution is 6.04. The van der Waals surface area contributed by atoms with E-state index >= 15 is 0 Å². The lowest BCUT2D eigenvalue weighted by Crippen LogP contribution is -2.31. The van der Waals surface area contributed by atoms with E-state index in [-0.39, 0.29) is 5.91 Å². The summed E-state index contributed by atoms with van der Waals surface area (Å²) in [6.45, 7) is 6.82. The molecule has 4 heteroatoms. The summed E-state index contributed by atoms with van der Waals surface area (Å²) in [5.41, 5.74) is 3.69. The summed E-state index contributed by atoms with van der Waals surface area (Å²) in [4.78, 5) is 21.5. The van der Waals surface area contributed by atoms with E-state index in [0.717, 1.165) is 30.0 Å². The van der Waals surface area contributed by atoms with Gasteiger partial charge in [-0.25, -0.2) is 4.98 Å². The fraction of sp³-hybridized carbons (Fsp3) is 0.429. The molecule has 1 saturated heterocycles. The summed E-state index contributed by atoms with van der Waals surface area (Å²) >= 11 is 0. The minimum absolute atomic E-state index is 0.0458. The highest BCUT2D eigenvalue weighted by Gasteiger charge is 2.18. The maximum Gasteiger partial charge on any atom is 0.276 e. The van der Waals surface area contributed by atoms with Crippen molar-refractivity contribution in [3.8, 4) is 0 Å². The van der Waals surface area contributed by atoms with Gasteiger partial charge in [0.1, 0.15) is 5.69 Å². The minimum Gasteiger partial charge on any atom is -0.370 e. The van der Waals surface area contributed by atoms with Crippen molar-refractivity contribution in [2.24, 2.45) is 0 Å². The number of carbonyl (C=O) groups is 1. The maximum absolute atomic E-state index is 12.9. The number of anilines is 2. The summed E-state index contributed by atoms with van der Waals surface area (Å²) in [7, 11) is 0. The standard InChI is InChI=1S/C21H27N3O/c1-3-24(18-10-8-9-17(2)15-18)21(25)20-12-11-19(16-22-20)23-13-6-4-5-7-14-23/h8-12,15-16H,3-7,13-14H2,1-2H3. The van der Waals surface area contributed by atoms with Gasteiger partial charge in [0.15, 0.2) is 0 Å². The molecular formula is C21H27N3O. The number of nitrogens with zero attached hydrogens (tertiary/aromatic N) is 3. The van der Waals surface area contributed by atoms with Crippen molar-refractivity contribution in [1.82, 2.24) is 4.98 Å². The number of hydrogen-bond donors (Lipinski definition) is 0. The third-order valence-electron chi connectivity index (χ3n) is 4.81. The summed E-state index contributed by atoms with van der Waals surface area (Å²) in [5.74, 6) is -0.0458. The highest BCUT2D eigenvalue weighted by Crippen LogP contribution is 2.21. The van der Waals surface area contributed by atoms with Crippen LogP contribution in [0.5, 0.6) is 0 Å². The van der Waals surface area contributed by atoms with Gasteiger partial charge in [0.25, 0.3) is 5.91 Å². The number of hydrogen-bond acceptors (Lipinski definition) is 3. The second kappa shape index (κ2) is 8.15. The smallest absolute Gasteiger partial charge is 0.276 e. The van der Waals surface area contributed by atoms with Crippen molar-refractivity contribution in [3.05, 3.63) is 53.9 Å². The molecule has 0 unspecified atom stereocenters. The molecule has 1 aromatic carbocycles. The van der Waals surface area contributed by atoms with Gasteiger partial charge < -0.3 is 9.80 Å². The number of aryl methyl sites for hydroxylation is 1. The minimum atomic E-state index is -0.0458. The van der Waals surface area contributed by atoms with Gasteiger partial charge >= 0.3 is 0 Å². The Morgan fingerprint density at radius 3 is 2.48 bits per heavy atom. The van der Waals surface area contributed by atoms with Gasteiger partial charge in [-0.15, -0.1) is 0 Å². The second-order valence-corrected chi connectivity index (χ2v) is 6.69. The first kappa shape index (κ1) is 17.5. The molecule has 3 rings (SSSR count). The lowest BCUT2D eigenvalue weighted by Gasteiger charge is -2.23. The van der Waals surface area contributed by atoms with E-state index in [4.69, 9.17) is 0 Å². The SMILES string of the molecule is CCN(C(=O)c1ccc(N2CCCCCC2)cn1)c1cccc(C)c1. The molecule has 0 saturated carbocycles. The molecule has 1 fully saturated rings. The molecule has 25 heavy (non-hydrogen) atoms. The molecule has 2 heterocycles. The van der Waals surface area contributed by atoms with E-state index in [1.54, 1.807) is 4.90 Å². The van der Waals surface area contributed by atoms with Gasteiger partial charge in [-0.3, -0.25) is 4.79 Å². The Morgan fingerprint density at radius 2 is 1.88 bits per heavy atom. The van der Waals surface area contributed by atoms with Gasteiger partial charge in [0.05, 0.1) is 11.9 Å². The van der Waals surface area contributed by atoms with Crippen LogP contribution >= 0.6 is 0 Å². The van der Waals surface area contributed by atoms with Crippen LogP contribution in [0.1, 0.15) is 48.7 Å². The third kappa shape index (κ3) is 4.19. The van der Waals surface area contributed by atoms with Crippen LogP contribution in [0.3, 0.4) is 0 Å². The largest absolute Gasteiger partial charge is 0.370 e. The molecule has 1 aliphatic rings. The first-order valence-corrected chi connectivity index (χ1v) is 9.28. The van der Waals surface area contributed by atoms with Gasteiger partial charge in [0, 0.05) is 25.3 Å². The van der Waals surface area contributed by atoms with Crippen LogP contribution in [-0.2, 0) is 0 Å². The van der Waals surface area contributed by atoms with E-state index in [9.17, 15) is 4.79 Å². The lowest BCUT2D eigenvalue weighted by molar-refractivity contribution is 0.0983. The normalized spacial score (nSPS) is 14.9. The zero-order valence-electron chi connectivity index (χ0n) is 15.2. The quantitative estimate of drug-likeness (QED) is 0.828. The van der Waals surface area contributed by atoms with E-state index in [2.05, 4.69) is 9.88 Å². The van der Waals surface area contributed by atoms with Crippen molar-refractivity contribution < 1.29 is 4.79 Å². The lowest BCUT2D eigenvalue weighted by atomic mass is 10.2. The molecule has 1 amide bonds. The van der Waals surface area contributed by atoms with Crippen LogP contribution in [0, 0.1) is 6.92 Å². The number of carbonyl (C=O) groups excluding carboxylic acids is 1. The molecule has 132 valence electrons. The van der Waals surface area contributed by atoms with Gasteiger partial charge in [0.2, 0.25) is 0 Å². The Kier molecular flexibility index (Phi) is 5.69. The van der Waals surface area contributed by atoms with Gasteiger partial charge in [-0.1, -0.05) is 25.0 Å². The van der Waals surface area contributed by atoms with E-state index in [1.165, 1.54) is 25.7 Å². The molecule has 0 N–H and O–H groups in total. The fourth-order valence-electron chi connectivity index (χ4n) is 3.41. The molecule has 0 aliphatic carbocycles. The molecule has 4 nitrogen and oxygen atoms in total. The number of pyridine rings is 1. The van der Waals surface area contributed by atoms with Crippen molar-refractivity contribution in [3.63, 3.8) is 0 Å². The van der Waals surface area contributed by atoms with E-state index in [1.807, 2.05) is 56.4 Å². The molecular weight excluding hydrogens is 310 g/mol. The Balaban J connectivity index is 1.77. The molecule has 0 spiro atoms. The predicted molar refractivity (Wildman–Crippen MR) is 103 cm³/mol. The van der Waals surface area contributed by atoms with Crippen LogP contribution in [0.2, 0.25) is 0 Å². The average molecular weight is 337 g/mol. The Hall–Kier alpha value is -2.36. The van der Waals surface area contributed by atoms with Crippen LogP contribution in [0.4, 0.5) is 11.4 Å². The first-order chi connectivity index (χ1) is 12.2. The molecule has 0 bridgehead atoms. The third-order valence-corrected chi connectivity index (χ3v) is 4.81. The van der Waals surface area contributed by atoms with Gasteiger partial charge in [-0.2, -0.15) is 0 Å². The zero-order valence-corrected chi connectivity index (χ0v) is 15.2. The fourth-order valence-corrected chi connectivity index (χ4v) is 3.41. The van der Waals surface area contributed by atoms with Crippen molar-refractivity contribution in [2.75, 3.05) is 29.4 Å². The van der Waals surface area contributed by atoms with Gasteiger partial charge in [-0.05, 0) is 56.5 Å². The van der Waals surface area contributed by atoms with Crippen LogP contribution in [-0.4, -0.2) is 30.5 Å². The Labute approximate surface area is 150 Å². The predicted octanol–water partition coefficient (Wildman–Crippen LogP) is 4.44. The van der Waals surface area contributed by atoms with Crippen molar-refractivity contribution in [2.45, 2.75) is 39.5 Å². The molecule has 1 aromatic heterocycles. The number of benzene rings is 1. The molecule has 1 aliphatic heterocycles. The topological polar surface area (TPSA) is 36.4 Å². The number of rotatable bonds is 4. The number of aromatic nitrogens is 1. The highest BCUT2D eigenvalue weighted by atomic mass is 16.2. The van der Waals surface area contributed by atoms with Crippen molar-refractivity contribution in [1.29, 1.82) is 0 Å². The van der Waals surface area contributed by atoms with Crippen LogP contribution in [0.15, 0.2) is 42.6 Å². The summed E-state index contributed by atoms with van der Waals surface area (Å²) in [6, 6.07) is 11.9. The first-order valence-electron chi connectivity index (χ1n) is 9.28. The Bertz CT molecular complexity index is 703. The van der Waals surface area contributed by atoms with E-state index in [0.29, 0.717) is 12.2 Å². The van der Waals surface area contributed by atoms with Crippen molar-refractivity contribution >= 4 is 17.3 Å². The second-order valence-electron chi connectivity index (χ2n) is 6.69. The average Bonchev–Trinajstić information content (AvgIpc) is 2.92. The van der Waals surface area contributed by atoms with Crippen LogP contribution in [0.25, 0.3) is 0 Å². The molecule has 0 radical (unpaired) electrons. The number of amides is 1. The zero-order chi connectivity index (χ0) is 17.6. The summed E-state index contributed by atoms with van der Waals surface area (Å²) in [6.07, 6.45) is 6.93. The summed E-state index contributed by atoms with van der Waals surface area (Å²) < 4.78 is 0. The molecule has 0 atom stereocenters. The Morgan fingerprint density at radius 1 is 1.12 bits per heavy atom. The molecule has 2 aromatic rings. The monoisotopic (exact) mass is 337 g/mol.